The number of carbonyl (C=O) groups is 1. The van der Waals surface area contributed by atoms with Crippen molar-refractivity contribution < 1.29 is 23.6 Å². The van der Waals surface area contributed by atoms with Gasteiger partial charge in [0.25, 0.3) is 0 Å². The minimum Gasteiger partial charge on any atom is -0.493 e. The van der Waals surface area contributed by atoms with Crippen LogP contribution in [0.2, 0.25) is 0 Å². The summed E-state index contributed by atoms with van der Waals surface area (Å²) in [6.07, 6.45) is 0.807. The number of rotatable bonds is 9. The molecule has 2 unspecified atom stereocenters. The molecule has 1 fully saturated rings. The number of carbonyl (C=O) groups excluding carboxylic acids is 1. The maximum atomic E-state index is 12.0. The number of benzene rings is 3. The molecule has 0 aliphatic carbocycles. The van der Waals surface area contributed by atoms with Gasteiger partial charge in [0.1, 0.15) is 29.1 Å². The number of ether oxygens (including phenoxy) is 2. The number of aryl methyl sites for hydroxylation is 2. The molecule has 36 heavy (non-hydrogen) atoms. The second kappa shape index (κ2) is 10.8. The largest absolute Gasteiger partial charge is 0.493 e. The lowest BCUT2D eigenvalue weighted by molar-refractivity contribution is -0.118. The van der Waals surface area contributed by atoms with Gasteiger partial charge in [0.05, 0.1) is 17.5 Å². The van der Waals surface area contributed by atoms with Crippen molar-refractivity contribution in [3.8, 4) is 22.6 Å². The average molecular weight is 508 g/mol. The predicted octanol–water partition coefficient (Wildman–Crippen LogP) is 5.31. The summed E-state index contributed by atoms with van der Waals surface area (Å²) in [6, 6.07) is 19.9. The molecule has 4 rings (SSSR count). The monoisotopic (exact) mass is 507 g/mol. The van der Waals surface area contributed by atoms with Gasteiger partial charge in [-0.1, -0.05) is 30.3 Å². The van der Waals surface area contributed by atoms with Gasteiger partial charge in [-0.15, -0.1) is 0 Å². The second-order valence-electron chi connectivity index (χ2n) is 9.92. The van der Waals surface area contributed by atoms with Crippen LogP contribution in [0.5, 0.6) is 11.5 Å². The van der Waals surface area contributed by atoms with Crippen LogP contribution < -0.4 is 14.2 Å². The molecule has 0 radical (unpaired) electrons. The number of nitrogens with one attached hydrogen (secondary N) is 1. The van der Waals surface area contributed by atoms with Crippen LogP contribution in [0.1, 0.15) is 54.2 Å². The van der Waals surface area contributed by atoms with Crippen molar-refractivity contribution >= 4 is 16.9 Å². The third kappa shape index (κ3) is 6.53. The lowest BCUT2D eigenvalue weighted by Crippen LogP contribution is -2.21. The third-order valence-corrected chi connectivity index (χ3v) is 7.62. The Labute approximate surface area is 215 Å². The molecule has 1 saturated heterocycles. The second-order valence-corrected chi connectivity index (χ2v) is 11.3. The van der Waals surface area contributed by atoms with Crippen molar-refractivity contribution in [3.63, 3.8) is 0 Å². The topological polar surface area (TPSA) is 84.9 Å². The Kier molecular flexibility index (Phi) is 7.81. The van der Waals surface area contributed by atoms with Gasteiger partial charge in [-0.3, -0.25) is 9.52 Å². The summed E-state index contributed by atoms with van der Waals surface area (Å²) in [5, 5.41) is 9.60. The number of hydrogen-bond acceptors (Lipinski definition) is 5. The third-order valence-electron chi connectivity index (χ3n) is 6.23. The number of hydrogen-bond donors (Lipinski definition) is 2. The Morgan fingerprint density at radius 2 is 1.78 bits per heavy atom. The fourth-order valence-corrected chi connectivity index (χ4v) is 5.31. The minimum atomic E-state index is -1.37. The Balaban J connectivity index is 1.41. The van der Waals surface area contributed by atoms with Crippen molar-refractivity contribution in [3.05, 3.63) is 82.9 Å². The van der Waals surface area contributed by atoms with Crippen molar-refractivity contribution in [2.24, 2.45) is 0 Å². The highest BCUT2D eigenvalue weighted by molar-refractivity contribution is 7.84. The highest BCUT2D eigenvalue weighted by Gasteiger charge is 2.30. The summed E-state index contributed by atoms with van der Waals surface area (Å²) >= 11 is 0. The molecule has 0 spiro atoms. The molecule has 2 atom stereocenters. The number of amides is 1. The zero-order valence-corrected chi connectivity index (χ0v) is 22.0. The first-order valence-electron chi connectivity index (χ1n) is 12.1. The van der Waals surface area contributed by atoms with Gasteiger partial charge in [-0.2, -0.15) is 0 Å². The van der Waals surface area contributed by atoms with Crippen LogP contribution in [0, 0.1) is 13.8 Å². The molecule has 6 nitrogen and oxygen atoms in total. The fourth-order valence-electron chi connectivity index (χ4n) is 4.15. The summed E-state index contributed by atoms with van der Waals surface area (Å²) in [5.74, 6) is 1.37. The Morgan fingerprint density at radius 1 is 1.03 bits per heavy atom. The maximum absolute atomic E-state index is 12.0. The van der Waals surface area contributed by atoms with E-state index in [9.17, 15) is 14.1 Å². The standard InChI is InChI=1S/C29H33NO5S/c1-19-15-26(34-13-12-29(3,4)32)20(2)14-25(19)23-7-5-6-21(16-23)18-35-24-10-8-22(9-11-24)27-17-28(31)30-36(27)33/h5-11,14-16,27,32H,12-13,17-18H2,1-4H3,(H,30,31). The summed E-state index contributed by atoms with van der Waals surface area (Å²) in [6.45, 7) is 8.55. The lowest BCUT2D eigenvalue weighted by Gasteiger charge is -2.19. The zero-order chi connectivity index (χ0) is 25.9. The lowest BCUT2D eigenvalue weighted by atomic mass is 9.96. The molecule has 3 aromatic rings. The van der Waals surface area contributed by atoms with E-state index in [4.69, 9.17) is 9.47 Å². The van der Waals surface area contributed by atoms with Crippen LogP contribution in [0.25, 0.3) is 11.1 Å². The van der Waals surface area contributed by atoms with E-state index < -0.39 is 16.6 Å². The fraction of sp³-hybridized carbons (Fsp3) is 0.345. The molecule has 190 valence electrons. The molecule has 0 bridgehead atoms. The first kappa shape index (κ1) is 25.9. The molecule has 1 amide bonds. The molecule has 1 heterocycles. The van der Waals surface area contributed by atoms with E-state index in [0.717, 1.165) is 39.1 Å². The van der Waals surface area contributed by atoms with Gasteiger partial charge in [-0.05, 0) is 91.4 Å². The summed E-state index contributed by atoms with van der Waals surface area (Å²) in [5.41, 5.74) is 5.57. The van der Waals surface area contributed by atoms with Crippen molar-refractivity contribution in [1.29, 1.82) is 0 Å². The van der Waals surface area contributed by atoms with Gasteiger partial charge >= 0.3 is 0 Å². The molecule has 1 aliphatic heterocycles. The molecular formula is C29H33NO5S. The number of aliphatic hydroxyl groups is 1. The molecule has 3 aromatic carbocycles. The summed E-state index contributed by atoms with van der Waals surface area (Å²) in [4.78, 5) is 11.5. The summed E-state index contributed by atoms with van der Waals surface area (Å²) < 4.78 is 26.4. The molecule has 0 aromatic heterocycles. The van der Waals surface area contributed by atoms with Crippen LogP contribution in [0.4, 0.5) is 0 Å². The van der Waals surface area contributed by atoms with Crippen molar-refractivity contribution in [2.75, 3.05) is 6.61 Å². The van der Waals surface area contributed by atoms with Crippen LogP contribution in [0.15, 0.2) is 60.7 Å². The molecule has 0 saturated carbocycles. The van der Waals surface area contributed by atoms with Gasteiger partial charge < -0.3 is 14.6 Å². The van der Waals surface area contributed by atoms with Gasteiger partial charge in [0.15, 0.2) is 0 Å². The van der Waals surface area contributed by atoms with Crippen LogP contribution >= 0.6 is 0 Å². The molecule has 1 aliphatic rings. The Bertz CT molecular complexity index is 1260. The predicted molar refractivity (Wildman–Crippen MR) is 142 cm³/mol. The van der Waals surface area contributed by atoms with E-state index >= 15 is 0 Å². The SMILES string of the molecule is Cc1cc(-c2cccc(COc3ccc(C4CC(=O)NS4=O)cc3)c2)c(C)cc1OCCC(C)(C)O. The minimum absolute atomic E-state index is 0.183. The highest BCUT2D eigenvalue weighted by Crippen LogP contribution is 2.32. The van der Waals surface area contributed by atoms with Crippen LogP contribution in [-0.4, -0.2) is 27.4 Å². The molecule has 2 N–H and O–H groups in total. The normalized spacial score (nSPS) is 17.6. The Hall–Kier alpha value is -3.16. The first-order valence-corrected chi connectivity index (χ1v) is 13.3. The maximum Gasteiger partial charge on any atom is 0.233 e. The quantitative estimate of drug-likeness (QED) is 0.410. The van der Waals surface area contributed by atoms with E-state index in [0.29, 0.717) is 25.4 Å². The smallest absolute Gasteiger partial charge is 0.233 e. The molecular weight excluding hydrogens is 474 g/mol. The van der Waals surface area contributed by atoms with Crippen molar-refractivity contribution in [2.45, 2.75) is 58.0 Å². The van der Waals surface area contributed by atoms with Crippen LogP contribution in [0.3, 0.4) is 0 Å². The van der Waals surface area contributed by atoms with Crippen LogP contribution in [-0.2, 0) is 22.4 Å². The zero-order valence-electron chi connectivity index (χ0n) is 21.2. The van der Waals surface area contributed by atoms with E-state index in [2.05, 4.69) is 35.9 Å². The van der Waals surface area contributed by atoms with Crippen molar-refractivity contribution in [1.82, 2.24) is 4.72 Å². The van der Waals surface area contributed by atoms with E-state index in [1.165, 1.54) is 0 Å². The van der Waals surface area contributed by atoms with E-state index in [1.54, 1.807) is 13.8 Å². The van der Waals surface area contributed by atoms with E-state index in [-0.39, 0.29) is 17.6 Å². The van der Waals surface area contributed by atoms with E-state index in [1.807, 2.05) is 43.3 Å². The highest BCUT2D eigenvalue weighted by atomic mass is 32.2. The average Bonchev–Trinajstić information content (AvgIpc) is 3.17. The molecule has 7 heteroatoms. The van der Waals surface area contributed by atoms with Gasteiger partial charge in [-0.25, -0.2) is 4.21 Å². The first-order chi connectivity index (χ1) is 17.1. The Morgan fingerprint density at radius 3 is 2.44 bits per heavy atom. The van der Waals surface area contributed by atoms with Gasteiger partial charge in [0.2, 0.25) is 5.91 Å². The van der Waals surface area contributed by atoms with Gasteiger partial charge in [0, 0.05) is 12.8 Å². The summed E-state index contributed by atoms with van der Waals surface area (Å²) in [7, 11) is -1.37.